The smallest absolute Gasteiger partial charge is 0.136 e. The average molecular weight is 1930 g/mol. The van der Waals surface area contributed by atoms with Gasteiger partial charge in [0.15, 0.2) is 0 Å². The number of benzene rings is 28. The van der Waals surface area contributed by atoms with Crippen LogP contribution >= 0.6 is 0 Å². The van der Waals surface area contributed by atoms with Crippen molar-refractivity contribution in [1.29, 1.82) is 0 Å². The zero-order valence-electron chi connectivity index (χ0n) is 158. The zero-order chi connectivity index (χ0) is 170. The predicted molar refractivity (Wildman–Crippen MR) is 618 cm³/mol. The molecule has 0 radical (unpaired) electrons. The van der Waals surface area contributed by atoms with Gasteiger partial charge in [0.05, 0.1) is 118 Å². The van der Waals surface area contributed by atoms with Gasteiger partial charge >= 0.3 is 0 Å². The fourth-order valence-corrected chi connectivity index (χ4v) is 18.0. The fourth-order valence-electron chi connectivity index (χ4n) is 18.0. The number of rotatable bonds is 9. The van der Waals surface area contributed by atoms with E-state index < -0.39 is 826 Å². The van der Waals surface area contributed by atoms with E-state index in [1.807, 2.05) is 0 Å². The van der Waals surface area contributed by atoms with Crippen molar-refractivity contribution < 1.29 is 131 Å². The highest BCUT2D eigenvalue weighted by Gasteiger charge is 2.27. The Balaban J connectivity index is 0.000000145. The van der Waals surface area contributed by atoms with E-state index in [4.69, 9.17) is 87.3 Å². The van der Waals surface area contributed by atoms with Crippen LogP contribution in [0.4, 0.5) is 0 Å². The van der Waals surface area contributed by atoms with Gasteiger partial charge in [0.25, 0.3) is 0 Å². The molecule has 31 rings (SSSR count). The van der Waals surface area contributed by atoms with Crippen LogP contribution in [0.1, 0.15) is 118 Å². The van der Waals surface area contributed by atoms with Gasteiger partial charge in [0, 0.05) is 32.3 Å². The van der Waals surface area contributed by atoms with Gasteiger partial charge in [0.2, 0.25) is 0 Å². The fraction of sp³-hybridized carbons (Fsp3) is 0. The highest BCUT2D eigenvalue weighted by Crippen LogP contribution is 2.54. The first-order valence-electron chi connectivity index (χ1n) is 86.0. The van der Waals surface area contributed by atoms with E-state index in [1.54, 1.807) is 0 Å². The third-order valence-corrected chi connectivity index (χ3v) is 24.0. The van der Waals surface area contributed by atoms with Gasteiger partial charge in [0.1, 0.15) is 33.5 Å². The third-order valence-electron chi connectivity index (χ3n) is 24.0. The molecule has 3 aromatic heterocycles. The molecule has 145 heavy (non-hydrogen) atoms. The normalized spacial score (nSPS) is 20.2. The van der Waals surface area contributed by atoms with Crippen LogP contribution in [0, 0.1) is 0 Å². The number of fused-ring (bicyclic) bond motifs is 23. The van der Waals surface area contributed by atoms with Crippen LogP contribution in [0.2, 0.25) is 0 Å². The summed E-state index contributed by atoms with van der Waals surface area (Å²) in [5.74, 6) is 0. The highest BCUT2D eigenvalue weighted by atomic mass is 16.3. The van der Waals surface area contributed by atoms with Gasteiger partial charge in [-0.3, -0.25) is 0 Å². The molecule has 672 valence electrons. The monoisotopic (exact) mass is 1930 g/mol. The maximum absolute atomic E-state index is 10.1. The summed E-state index contributed by atoms with van der Waals surface area (Å²) >= 11 is 0. The Kier molecular flexibility index (Phi) is 7.98. The molecular formula is C142H86O3. The van der Waals surface area contributed by atoms with Crippen molar-refractivity contribution in [3.8, 4) is 100 Å². The lowest BCUT2D eigenvalue weighted by molar-refractivity contribution is 0.669. The van der Waals surface area contributed by atoms with Crippen LogP contribution in [-0.2, 0) is 0 Å². The van der Waals surface area contributed by atoms with Crippen LogP contribution in [0.15, 0.2) is 533 Å². The van der Waals surface area contributed by atoms with Crippen LogP contribution < -0.4 is 0 Å². The van der Waals surface area contributed by atoms with E-state index >= 15 is 0 Å². The Morgan fingerprint density at radius 2 is 0.359 bits per heavy atom. The van der Waals surface area contributed by atoms with E-state index in [0.29, 0.717) is 0 Å². The molecule has 0 aliphatic rings. The second-order valence-corrected chi connectivity index (χ2v) is 31.8. The van der Waals surface area contributed by atoms with Crippen LogP contribution in [0.5, 0.6) is 0 Å². The summed E-state index contributed by atoms with van der Waals surface area (Å²) in [6.45, 7) is 0. The van der Waals surface area contributed by atoms with Gasteiger partial charge < -0.3 is 13.3 Å². The van der Waals surface area contributed by atoms with Gasteiger partial charge in [-0.1, -0.05) is 435 Å². The molecule has 0 atom stereocenters. The van der Waals surface area contributed by atoms with Crippen LogP contribution in [0.3, 0.4) is 0 Å². The summed E-state index contributed by atoms with van der Waals surface area (Å²) < 4.78 is 797. The van der Waals surface area contributed by atoms with Crippen molar-refractivity contribution in [3.63, 3.8) is 0 Å². The summed E-state index contributed by atoms with van der Waals surface area (Å²) in [6.07, 6.45) is 0. The molecule has 3 heteroatoms. The van der Waals surface area contributed by atoms with Crippen molar-refractivity contribution in [2.75, 3.05) is 0 Å². The summed E-state index contributed by atoms with van der Waals surface area (Å²) in [4.78, 5) is 0. The quantitative estimate of drug-likeness (QED) is 0.107. The Morgan fingerprint density at radius 1 is 0.110 bits per heavy atom. The molecule has 0 aliphatic carbocycles. The molecule has 0 saturated heterocycles. The van der Waals surface area contributed by atoms with Crippen LogP contribution in [-0.4, -0.2) is 0 Å². The first-order valence-corrected chi connectivity index (χ1v) is 43.0. The molecule has 0 fully saturated rings. The summed E-state index contributed by atoms with van der Waals surface area (Å²) in [5, 5.41) is -20.7. The van der Waals surface area contributed by atoms with Gasteiger partial charge in [-0.2, -0.15) is 0 Å². The molecular weight excluding hydrogens is 1750 g/mol. The van der Waals surface area contributed by atoms with Gasteiger partial charge in [-0.15, -0.1) is 0 Å². The van der Waals surface area contributed by atoms with Gasteiger partial charge in [-0.25, -0.2) is 0 Å². The van der Waals surface area contributed by atoms with E-state index in [2.05, 4.69) is 0 Å². The molecule has 28 aromatic carbocycles. The zero-order valence-corrected chi connectivity index (χ0v) is 72.2. The number of hydrogen-bond acceptors (Lipinski definition) is 3. The first-order chi connectivity index (χ1) is 108. The Hall–Kier alpha value is -19.1. The van der Waals surface area contributed by atoms with E-state index in [-0.39, 0.29) is 0 Å². The molecule has 0 saturated carbocycles. The topological polar surface area (TPSA) is 39.4 Å². The molecule has 3 nitrogen and oxygen atoms in total. The maximum Gasteiger partial charge on any atom is 0.136 e. The van der Waals surface area contributed by atoms with E-state index in [1.165, 1.54) is 0 Å². The predicted octanol–water partition coefficient (Wildman–Crippen LogP) is 40.8. The summed E-state index contributed by atoms with van der Waals surface area (Å²) in [5.41, 5.74) is -18.4. The van der Waals surface area contributed by atoms with Crippen molar-refractivity contribution in [2.45, 2.75) is 0 Å². The minimum atomic E-state index is -1.15. The van der Waals surface area contributed by atoms with Crippen molar-refractivity contribution in [1.82, 2.24) is 0 Å². The van der Waals surface area contributed by atoms with E-state index in [9.17, 15) is 43.9 Å². The highest BCUT2D eigenvalue weighted by molar-refractivity contribution is 6.31. The molecule has 0 amide bonds. The second kappa shape index (κ2) is 33.9. The molecule has 0 unspecified atom stereocenters. The molecule has 0 spiro atoms. The lowest BCUT2D eigenvalue weighted by Crippen LogP contribution is -1.92. The minimum absolute atomic E-state index is 0.488. The Morgan fingerprint density at radius 3 is 0.745 bits per heavy atom. The minimum Gasteiger partial charge on any atom is -0.456 e. The molecule has 0 bridgehead atoms. The lowest BCUT2D eigenvalue weighted by atomic mass is 9.84. The maximum atomic E-state index is 10.1. The summed E-state index contributed by atoms with van der Waals surface area (Å²) in [7, 11) is 0. The number of hydrogen-bond donors (Lipinski definition) is 0. The Labute approximate surface area is 955 Å². The first kappa shape index (κ1) is 34.1. The second-order valence-electron chi connectivity index (χ2n) is 31.8. The van der Waals surface area contributed by atoms with Crippen molar-refractivity contribution >= 4 is 206 Å². The molecule has 0 aliphatic heterocycles. The van der Waals surface area contributed by atoms with Crippen molar-refractivity contribution in [3.05, 3.63) is 520 Å². The third kappa shape index (κ3) is 13.7. The standard InChI is InChI=1S/C50H30O.2C46H28O/c1-2-14-32-30-47-45(28-31(32)13-1)50-43(25-12-26-46(50)51-47)49-41-23-9-7-21-39(41)48(40-22-8-10-24-42(40)49)35-17-11-16-33(27-35)44-29-34-15-3-4-18-36(34)37-19-5-6-20-38(37)44;1-2-14-31-28-43-41(27-30(31)13-1)46-40(24-11-25-42(46)47-43)45-38-21-7-5-19-36(38)44(37-20-6-8-22-39(37)45)33-17-9-16-32(26-33)35-23-10-15-29-12-3-4-18-34(29)35;1-2-12-30-25-34(24-23-29(30)11-1)31-15-9-16-35(26-31)44-36-17-5-7-19-38(36)45(39-20-8-6-18-37(39)44)40-21-10-22-42-46(40)41-27-32-13-3-4-14-33(32)28-43(41)47-42/h1-30H;2*1-28H/i1D,2D,3D,4D,5D,6D,7D,8D,9D,10D,11D,12D,13D,14D,15D,16D,17D,18D,19D,20D,21D,22D,23D,24D,25D,26D,27D,28D,29D,30D;2*1D,2D,3D,4D,5D,6D,7D,8D,9D,10D,11D,12D,13D,14D,15D,16D,17D,18D,19D,20D,21D,22D,23D,24D,25D,26D,27D,28D. The van der Waals surface area contributed by atoms with Crippen molar-refractivity contribution in [2.24, 2.45) is 0 Å². The Bertz CT molecular complexity index is 16300. The molecule has 3 heterocycles. The summed E-state index contributed by atoms with van der Waals surface area (Å²) in [6, 6.07) is -80.8. The van der Waals surface area contributed by atoms with Crippen LogP contribution in [0.25, 0.3) is 306 Å². The van der Waals surface area contributed by atoms with E-state index in [0.717, 1.165) is 0 Å². The SMILES string of the molecule is [2H]c1c([2H])c(-c2c([2H])c([2H])c([2H])c3c([2H])c([2H])c([2H])c([2H])c23)c([2H])c(-c2c3c([2H])c([2H])c([2H])c([2H])c3c(-c3c([2H])c([2H])c([2H])c4oc5c([2H])c6c([2H])c([2H])c([2H])c([2H])c6c([2H])c5c34)c3c([2H])c([2H])c([2H])c([2H])c23)c1[2H].[2H]c1c([2H])c(-c2c([2H])c([2H])c3c([2H])c([2H])c([2H])c([2H])c3c2[2H])c([2H])c(-c2c3c([2H])c([2H])c([2H])c([2H])c3c(-c3c([2H])c([2H])c([2H])c4oc5c([2H])c6c([2H])c([2H])c([2H])c([2H])c6c([2H])c5c34)c3c([2H])c([2H])c([2H])c([2H])c23)c1[2H].[2H]c1c([2H])c(-c2c3c([2H])c([2H])c([2H])c([2H])c3c(-c3c([2H])c([2H])c([2H])c4oc5c([2H])c6c([2H])c([2H])c([2H])c([2H])c6c([2H])c5c34)c3c([2H])c([2H])c([2H])c([2H])c23)c([2H])c(-c2c([2H])c3c([2H])c([2H])c([2H])c([2H])c3c3c([2H])c([2H])c([2H])c([2H])c23)c1[2H]. The lowest BCUT2D eigenvalue weighted by Gasteiger charge is -2.19. The molecule has 0 N–H and O–H groups in total. The molecule has 31 aromatic rings. The van der Waals surface area contributed by atoms with Gasteiger partial charge in [-0.05, 0) is 325 Å². The average Bonchev–Trinajstić information content (AvgIpc) is 1.65. The number of furan rings is 3. The largest absolute Gasteiger partial charge is 0.456 e.